The van der Waals surface area contributed by atoms with Crippen LogP contribution in [-0.4, -0.2) is 48.5 Å². The third-order valence-electron chi connectivity index (χ3n) is 2.75. The van der Waals surface area contributed by atoms with E-state index in [1.54, 1.807) is 17.1 Å². The van der Waals surface area contributed by atoms with Crippen molar-refractivity contribution in [3.63, 3.8) is 0 Å². The Hall–Kier alpha value is -0.820. The maximum atomic E-state index is 11.9. The van der Waals surface area contributed by atoms with Crippen molar-refractivity contribution in [1.82, 2.24) is 20.4 Å². The average Bonchev–Trinajstić information content (AvgIpc) is 2.63. The van der Waals surface area contributed by atoms with E-state index < -0.39 is 0 Å². The molecule has 0 bridgehead atoms. The quantitative estimate of drug-likeness (QED) is 0.840. The van der Waals surface area contributed by atoms with Gasteiger partial charge in [0.1, 0.15) is 0 Å². The number of halogens is 2. The molecule has 0 radical (unpaired) electrons. The van der Waals surface area contributed by atoms with Crippen molar-refractivity contribution in [1.29, 1.82) is 0 Å². The van der Waals surface area contributed by atoms with Gasteiger partial charge < -0.3 is 15.4 Å². The van der Waals surface area contributed by atoms with Gasteiger partial charge in [0.05, 0.1) is 36.9 Å². The predicted octanol–water partition coefficient (Wildman–Crippen LogP) is 0.310. The van der Waals surface area contributed by atoms with Crippen molar-refractivity contribution in [2.75, 3.05) is 32.8 Å². The summed E-state index contributed by atoms with van der Waals surface area (Å²) >= 11 is 5.75. The van der Waals surface area contributed by atoms with Gasteiger partial charge in [0.25, 0.3) is 0 Å². The van der Waals surface area contributed by atoms with E-state index in [4.69, 9.17) is 16.3 Å². The number of amides is 1. The summed E-state index contributed by atoms with van der Waals surface area (Å²) in [5.74, 6) is -0.101. The number of ether oxygens (including phenoxy) is 1. The van der Waals surface area contributed by atoms with E-state index in [1.165, 1.54) is 0 Å². The molecule has 2 heterocycles. The molecule has 2 rings (SSSR count). The first kappa shape index (κ1) is 16.2. The summed E-state index contributed by atoms with van der Waals surface area (Å²) in [7, 11) is 0. The fourth-order valence-electron chi connectivity index (χ4n) is 1.77. The molecule has 1 unspecified atom stereocenters. The molecule has 2 N–H and O–H groups in total. The molecule has 1 fully saturated rings. The Bertz CT molecular complexity index is 392. The van der Waals surface area contributed by atoms with Crippen molar-refractivity contribution in [3.8, 4) is 0 Å². The van der Waals surface area contributed by atoms with Crippen LogP contribution in [0.4, 0.5) is 0 Å². The van der Waals surface area contributed by atoms with E-state index in [1.807, 2.05) is 0 Å². The lowest BCUT2D eigenvalue weighted by Gasteiger charge is -2.13. The second-order valence-corrected chi connectivity index (χ2v) is 4.63. The highest BCUT2D eigenvalue weighted by atomic mass is 35.5. The van der Waals surface area contributed by atoms with Gasteiger partial charge in [-0.3, -0.25) is 9.48 Å². The molecule has 1 aromatic rings. The zero-order valence-corrected chi connectivity index (χ0v) is 12.0. The summed E-state index contributed by atoms with van der Waals surface area (Å²) in [6, 6.07) is 0. The minimum atomic E-state index is -0.117. The molecular weight excluding hydrogens is 291 g/mol. The van der Waals surface area contributed by atoms with Crippen LogP contribution in [0.2, 0.25) is 5.02 Å². The third kappa shape index (κ3) is 5.36. The van der Waals surface area contributed by atoms with Gasteiger partial charge in [0, 0.05) is 25.8 Å². The number of carbonyl (C=O) groups is 1. The van der Waals surface area contributed by atoms with Gasteiger partial charge in [0.2, 0.25) is 5.91 Å². The second kappa shape index (κ2) is 8.37. The average molecular weight is 309 g/mol. The van der Waals surface area contributed by atoms with E-state index in [0.717, 1.165) is 6.54 Å². The van der Waals surface area contributed by atoms with Crippen LogP contribution in [0.15, 0.2) is 12.4 Å². The van der Waals surface area contributed by atoms with Crippen LogP contribution in [-0.2, 0) is 16.1 Å². The molecule has 6 nitrogen and oxygen atoms in total. The highest BCUT2D eigenvalue weighted by Gasteiger charge is 2.19. The van der Waals surface area contributed by atoms with E-state index in [0.29, 0.717) is 37.9 Å². The van der Waals surface area contributed by atoms with Crippen LogP contribution < -0.4 is 10.6 Å². The number of nitrogens with one attached hydrogen (secondary N) is 2. The number of carbonyl (C=O) groups excluding carboxylic acids is 1. The zero-order valence-electron chi connectivity index (χ0n) is 10.5. The van der Waals surface area contributed by atoms with Gasteiger partial charge >= 0.3 is 0 Å². The highest BCUT2D eigenvalue weighted by Crippen LogP contribution is 2.04. The summed E-state index contributed by atoms with van der Waals surface area (Å²) in [6.45, 7) is 3.75. The SMILES string of the molecule is Cl.O=C(NCCn1cc(Cl)cn1)C1CNCCOC1. The molecule has 1 atom stereocenters. The summed E-state index contributed by atoms with van der Waals surface area (Å²) < 4.78 is 7.04. The lowest BCUT2D eigenvalue weighted by Crippen LogP contribution is -2.39. The van der Waals surface area contributed by atoms with E-state index >= 15 is 0 Å². The predicted molar refractivity (Wildman–Crippen MR) is 74.7 cm³/mol. The van der Waals surface area contributed by atoms with Crippen LogP contribution in [0.1, 0.15) is 0 Å². The molecular formula is C11H18Cl2N4O2. The molecule has 8 heteroatoms. The van der Waals surface area contributed by atoms with Gasteiger partial charge in [-0.1, -0.05) is 11.6 Å². The molecule has 1 aliphatic heterocycles. The van der Waals surface area contributed by atoms with E-state index in [9.17, 15) is 4.79 Å². The topological polar surface area (TPSA) is 68.2 Å². The van der Waals surface area contributed by atoms with Gasteiger partial charge in [-0.2, -0.15) is 5.10 Å². The Morgan fingerprint density at radius 2 is 2.53 bits per heavy atom. The Labute approximate surface area is 123 Å². The third-order valence-corrected chi connectivity index (χ3v) is 2.94. The fraction of sp³-hybridized carbons (Fsp3) is 0.636. The minimum absolute atomic E-state index is 0. The second-order valence-electron chi connectivity index (χ2n) is 4.19. The Morgan fingerprint density at radius 3 is 3.26 bits per heavy atom. The van der Waals surface area contributed by atoms with Crippen LogP contribution in [0.5, 0.6) is 0 Å². The van der Waals surface area contributed by atoms with Crippen molar-refractivity contribution in [2.24, 2.45) is 5.92 Å². The normalized spacial score (nSPS) is 19.3. The van der Waals surface area contributed by atoms with Crippen LogP contribution >= 0.6 is 24.0 Å². The number of nitrogens with zero attached hydrogens (tertiary/aromatic N) is 2. The van der Waals surface area contributed by atoms with Crippen molar-refractivity contribution < 1.29 is 9.53 Å². The van der Waals surface area contributed by atoms with Crippen molar-refractivity contribution in [3.05, 3.63) is 17.4 Å². The van der Waals surface area contributed by atoms with E-state index in [2.05, 4.69) is 15.7 Å². The standard InChI is InChI=1S/C11H17ClN4O2.ClH/c12-10-6-15-16(7-10)3-1-14-11(17)9-5-13-2-4-18-8-9;/h6-7,9,13H,1-5,8H2,(H,14,17);1H. The molecule has 0 aliphatic carbocycles. The molecule has 1 aromatic heterocycles. The molecule has 1 saturated heterocycles. The Kier molecular flexibility index (Phi) is 7.15. The van der Waals surface area contributed by atoms with E-state index in [-0.39, 0.29) is 24.2 Å². The minimum Gasteiger partial charge on any atom is -0.379 e. The van der Waals surface area contributed by atoms with Crippen molar-refractivity contribution in [2.45, 2.75) is 6.54 Å². The summed E-state index contributed by atoms with van der Waals surface area (Å²) in [5, 5.41) is 10.7. The maximum absolute atomic E-state index is 11.9. The summed E-state index contributed by atoms with van der Waals surface area (Å²) in [4.78, 5) is 11.9. The Morgan fingerprint density at radius 1 is 1.68 bits per heavy atom. The lowest BCUT2D eigenvalue weighted by molar-refractivity contribution is -0.126. The zero-order chi connectivity index (χ0) is 12.8. The number of hydrogen-bond acceptors (Lipinski definition) is 4. The van der Waals surface area contributed by atoms with Crippen LogP contribution in [0, 0.1) is 5.92 Å². The molecule has 1 amide bonds. The molecule has 0 aromatic carbocycles. The maximum Gasteiger partial charge on any atom is 0.226 e. The molecule has 108 valence electrons. The first-order valence-electron chi connectivity index (χ1n) is 6.00. The van der Waals surface area contributed by atoms with Gasteiger partial charge in [-0.15, -0.1) is 12.4 Å². The first-order valence-corrected chi connectivity index (χ1v) is 6.37. The van der Waals surface area contributed by atoms with Gasteiger partial charge in [-0.05, 0) is 0 Å². The first-order chi connectivity index (χ1) is 8.75. The Balaban J connectivity index is 0.00000180. The van der Waals surface area contributed by atoms with Gasteiger partial charge in [-0.25, -0.2) is 0 Å². The molecule has 19 heavy (non-hydrogen) atoms. The smallest absolute Gasteiger partial charge is 0.226 e. The van der Waals surface area contributed by atoms with Crippen LogP contribution in [0.3, 0.4) is 0 Å². The fourth-order valence-corrected chi connectivity index (χ4v) is 1.93. The number of aromatic nitrogens is 2. The molecule has 0 saturated carbocycles. The van der Waals surface area contributed by atoms with Crippen LogP contribution in [0.25, 0.3) is 0 Å². The summed E-state index contributed by atoms with van der Waals surface area (Å²) in [6.07, 6.45) is 3.30. The monoisotopic (exact) mass is 308 g/mol. The van der Waals surface area contributed by atoms with Crippen molar-refractivity contribution >= 4 is 29.9 Å². The highest BCUT2D eigenvalue weighted by molar-refractivity contribution is 6.30. The lowest BCUT2D eigenvalue weighted by atomic mass is 10.1. The molecule has 1 aliphatic rings. The number of rotatable bonds is 4. The molecule has 0 spiro atoms. The summed E-state index contributed by atoms with van der Waals surface area (Å²) in [5.41, 5.74) is 0. The number of hydrogen-bond donors (Lipinski definition) is 2. The largest absolute Gasteiger partial charge is 0.379 e. The van der Waals surface area contributed by atoms with Gasteiger partial charge in [0.15, 0.2) is 0 Å².